The van der Waals surface area contributed by atoms with Gasteiger partial charge in [0.1, 0.15) is 0 Å². The molecule has 0 unspecified atom stereocenters. The summed E-state index contributed by atoms with van der Waals surface area (Å²) in [6.07, 6.45) is 0.693. The molecule has 1 saturated heterocycles. The lowest BCUT2D eigenvalue weighted by Crippen LogP contribution is -2.54. The first-order chi connectivity index (χ1) is 14.8. The number of fused-ring (bicyclic) bond motifs is 1. The van der Waals surface area contributed by atoms with Gasteiger partial charge in [0.25, 0.3) is 5.69 Å². The number of rotatable bonds is 7. The number of nitro benzene ring substituents is 1. The maximum atomic E-state index is 12.5. The highest BCUT2D eigenvalue weighted by atomic mass is 16.6. The highest BCUT2D eigenvalue weighted by Gasteiger charge is 2.26. The summed E-state index contributed by atoms with van der Waals surface area (Å²) < 4.78 is 6.48. The number of non-ortho nitro benzene ring substituents is 1. The van der Waals surface area contributed by atoms with Crippen LogP contribution in [-0.4, -0.2) is 75.4 Å². The Balaban J connectivity index is 1.52. The molecule has 3 amide bonds. The number of benzene rings is 1. The molecular weight excluding hydrogens is 406 g/mol. The predicted molar refractivity (Wildman–Crippen MR) is 113 cm³/mol. The molecule has 3 rings (SSSR count). The summed E-state index contributed by atoms with van der Waals surface area (Å²) in [4.78, 5) is 52.6. The summed E-state index contributed by atoms with van der Waals surface area (Å²) >= 11 is 0. The lowest BCUT2D eigenvalue weighted by atomic mass is 10.2. The van der Waals surface area contributed by atoms with Gasteiger partial charge >= 0.3 is 11.8 Å². The summed E-state index contributed by atoms with van der Waals surface area (Å²) in [6.45, 7) is 7.46. The highest BCUT2D eigenvalue weighted by molar-refractivity contribution is 5.78. The molecule has 1 aliphatic rings. The summed E-state index contributed by atoms with van der Waals surface area (Å²) in [5, 5.41) is 10.9. The third-order valence-electron chi connectivity index (χ3n) is 5.57. The minimum atomic E-state index is -0.605. The highest BCUT2D eigenvalue weighted by Crippen LogP contribution is 2.20. The van der Waals surface area contributed by atoms with Gasteiger partial charge in [-0.1, -0.05) is 0 Å². The number of aryl methyl sites for hydroxylation is 1. The Morgan fingerprint density at radius 2 is 1.77 bits per heavy atom. The van der Waals surface area contributed by atoms with Crippen LogP contribution < -0.4 is 5.76 Å². The van der Waals surface area contributed by atoms with Crippen molar-refractivity contribution in [3.63, 3.8) is 0 Å². The minimum Gasteiger partial charge on any atom is -0.407 e. The number of carbonyl (C=O) groups excluding carboxylic acids is 2. The molecule has 1 fully saturated rings. The van der Waals surface area contributed by atoms with Crippen LogP contribution in [0.15, 0.2) is 27.4 Å². The maximum absolute atomic E-state index is 12.5. The van der Waals surface area contributed by atoms with Crippen molar-refractivity contribution in [2.75, 3.05) is 39.3 Å². The van der Waals surface area contributed by atoms with Crippen LogP contribution in [0.4, 0.5) is 10.5 Å². The first kappa shape index (κ1) is 22.3. The summed E-state index contributed by atoms with van der Waals surface area (Å²) in [5.41, 5.74) is 0.466. The zero-order valence-electron chi connectivity index (χ0n) is 17.8. The molecule has 0 saturated carbocycles. The number of urea groups is 1. The summed E-state index contributed by atoms with van der Waals surface area (Å²) in [7, 11) is 0. The van der Waals surface area contributed by atoms with Crippen LogP contribution in [0.1, 0.15) is 26.7 Å². The number of nitrogens with zero attached hydrogens (tertiary/aromatic N) is 5. The number of hydrogen-bond donors (Lipinski definition) is 0. The number of nitro groups is 1. The van der Waals surface area contributed by atoms with Crippen molar-refractivity contribution in [2.45, 2.75) is 33.2 Å². The van der Waals surface area contributed by atoms with Crippen molar-refractivity contribution in [1.82, 2.24) is 19.3 Å². The van der Waals surface area contributed by atoms with E-state index in [1.807, 2.05) is 13.8 Å². The molecule has 11 heteroatoms. The number of carbonyl (C=O) groups is 2. The maximum Gasteiger partial charge on any atom is 0.419 e. The van der Waals surface area contributed by atoms with Gasteiger partial charge < -0.3 is 19.1 Å². The van der Waals surface area contributed by atoms with Crippen LogP contribution in [0.25, 0.3) is 11.1 Å². The number of aromatic nitrogens is 1. The zero-order valence-corrected chi connectivity index (χ0v) is 17.8. The molecule has 31 heavy (non-hydrogen) atoms. The molecule has 0 N–H and O–H groups in total. The Bertz CT molecular complexity index is 1020. The third kappa shape index (κ3) is 4.86. The smallest absolute Gasteiger partial charge is 0.407 e. The second-order valence-electron chi connectivity index (χ2n) is 7.35. The van der Waals surface area contributed by atoms with E-state index in [-0.39, 0.29) is 36.2 Å². The van der Waals surface area contributed by atoms with Gasteiger partial charge in [-0.2, -0.15) is 0 Å². The monoisotopic (exact) mass is 433 g/mol. The van der Waals surface area contributed by atoms with E-state index in [4.69, 9.17) is 4.42 Å². The van der Waals surface area contributed by atoms with E-state index in [1.165, 1.54) is 22.8 Å². The molecule has 2 aromatic rings. The average molecular weight is 433 g/mol. The average Bonchev–Trinajstić information content (AvgIpc) is 3.08. The molecule has 0 spiro atoms. The van der Waals surface area contributed by atoms with Crippen LogP contribution in [-0.2, 0) is 11.3 Å². The number of hydrogen-bond acceptors (Lipinski definition) is 6. The molecule has 2 heterocycles. The van der Waals surface area contributed by atoms with Gasteiger partial charge in [-0.25, -0.2) is 9.59 Å². The van der Waals surface area contributed by atoms with Crippen molar-refractivity contribution >= 4 is 28.7 Å². The number of piperazine rings is 1. The summed E-state index contributed by atoms with van der Waals surface area (Å²) in [5.74, 6) is -0.627. The predicted octanol–water partition coefficient (Wildman–Crippen LogP) is 1.89. The largest absolute Gasteiger partial charge is 0.419 e. The molecule has 0 radical (unpaired) electrons. The molecule has 168 valence electrons. The second kappa shape index (κ2) is 9.63. The molecule has 11 nitrogen and oxygen atoms in total. The van der Waals surface area contributed by atoms with E-state index in [1.54, 1.807) is 14.7 Å². The Labute approximate surface area is 178 Å². The van der Waals surface area contributed by atoms with E-state index < -0.39 is 10.7 Å². The zero-order chi connectivity index (χ0) is 22.5. The number of amides is 3. The van der Waals surface area contributed by atoms with Gasteiger partial charge in [-0.15, -0.1) is 0 Å². The lowest BCUT2D eigenvalue weighted by molar-refractivity contribution is -0.384. The third-order valence-corrected chi connectivity index (χ3v) is 5.57. The Hall–Kier alpha value is -3.37. The van der Waals surface area contributed by atoms with E-state index >= 15 is 0 Å². The van der Waals surface area contributed by atoms with Gasteiger partial charge in [0, 0.05) is 58.3 Å². The topological polar surface area (TPSA) is 122 Å². The van der Waals surface area contributed by atoms with Crippen molar-refractivity contribution in [3.05, 3.63) is 38.9 Å². The molecule has 1 aromatic carbocycles. The molecule has 1 aliphatic heterocycles. The van der Waals surface area contributed by atoms with Crippen molar-refractivity contribution in [3.8, 4) is 0 Å². The van der Waals surface area contributed by atoms with Gasteiger partial charge in [0.05, 0.1) is 16.5 Å². The second-order valence-corrected chi connectivity index (χ2v) is 7.35. The fraction of sp³-hybridized carbons (Fsp3) is 0.550. The van der Waals surface area contributed by atoms with Crippen LogP contribution >= 0.6 is 0 Å². The Morgan fingerprint density at radius 1 is 1.13 bits per heavy atom. The Morgan fingerprint density at radius 3 is 2.39 bits per heavy atom. The molecule has 0 aliphatic carbocycles. The van der Waals surface area contributed by atoms with Crippen LogP contribution in [0.3, 0.4) is 0 Å². The van der Waals surface area contributed by atoms with Crippen LogP contribution in [0.2, 0.25) is 0 Å². The van der Waals surface area contributed by atoms with E-state index in [0.29, 0.717) is 51.2 Å². The molecule has 1 aromatic heterocycles. The minimum absolute atomic E-state index is 0.00328. The molecule has 0 bridgehead atoms. The first-order valence-corrected chi connectivity index (χ1v) is 10.4. The fourth-order valence-electron chi connectivity index (χ4n) is 3.77. The van der Waals surface area contributed by atoms with Gasteiger partial charge in [0.2, 0.25) is 5.91 Å². The fourth-order valence-corrected chi connectivity index (χ4v) is 3.77. The van der Waals surface area contributed by atoms with Crippen LogP contribution in [0.5, 0.6) is 0 Å². The molecular formula is C20H27N5O6. The Kier molecular flexibility index (Phi) is 6.93. The van der Waals surface area contributed by atoms with Crippen molar-refractivity contribution < 1.29 is 18.9 Å². The first-order valence-electron chi connectivity index (χ1n) is 10.4. The van der Waals surface area contributed by atoms with E-state index in [0.717, 1.165) is 0 Å². The quantitative estimate of drug-likeness (QED) is 0.485. The normalized spacial score (nSPS) is 14.1. The van der Waals surface area contributed by atoms with E-state index in [9.17, 15) is 24.5 Å². The van der Waals surface area contributed by atoms with Gasteiger partial charge in [-0.3, -0.25) is 19.5 Å². The molecule has 0 atom stereocenters. The number of oxazole rings is 1. The summed E-state index contributed by atoms with van der Waals surface area (Å²) in [6, 6.07) is 4.02. The van der Waals surface area contributed by atoms with Gasteiger partial charge in [-0.05, 0) is 26.3 Å². The standard InChI is InChI=1S/C20H27N5O6/c1-3-21(4-2)19(27)23-12-10-22(11-13-23)18(26)6-5-9-24-16-8-7-15(25(29)30)14-17(16)31-20(24)28/h7-8,14H,3-6,9-13H2,1-2H3. The van der Waals surface area contributed by atoms with Crippen LogP contribution in [0, 0.1) is 10.1 Å². The van der Waals surface area contributed by atoms with E-state index in [2.05, 4.69) is 0 Å². The van der Waals surface area contributed by atoms with Crippen molar-refractivity contribution in [1.29, 1.82) is 0 Å². The lowest BCUT2D eigenvalue weighted by Gasteiger charge is -2.37. The SMILES string of the molecule is CCN(CC)C(=O)N1CCN(C(=O)CCCn2c(=O)oc3cc([N+](=O)[O-])ccc32)CC1. The van der Waals surface area contributed by atoms with Crippen molar-refractivity contribution in [2.24, 2.45) is 0 Å². The van der Waals surface area contributed by atoms with Gasteiger partial charge in [0.15, 0.2) is 5.58 Å².